The Hall–Kier alpha value is -1.67. The van der Waals surface area contributed by atoms with Crippen molar-refractivity contribution in [3.8, 4) is 0 Å². The molecule has 0 fully saturated rings. The summed E-state index contributed by atoms with van der Waals surface area (Å²) in [5.74, 6) is -0.813. The number of aromatic nitrogens is 2. The highest BCUT2D eigenvalue weighted by atomic mass is 79.9. The Balaban J connectivity index is 2.31. The quantitative estimate of drug-likeness (QED) is 0.851. The number of carbonyl (C=O) groups excluding carboxylic acids is 1. The van der Waals surface area contributed by atoms with Crippen molar-refractivity contribution in [3.05, 3.63) is 51.2 Å². The largest absolute Gasteiger partial charge is 0.418 e. The molecule has 0 unspecified atom stereocenters. The molecule has 0 saturated heterocycles. The fraction of sp³-hybridized carbons (Fsp3) is 0.0833. The maximum Gasteiger partial charge on any atom is 0.418 e. The van der Waals surface area contributed by atoms with Crippen LogP contribution < -0.4 is 5.32 Å². The third kappa shape index (κ3) is 3.92. The van der Waals surface area contributed by atoms with Crippen LogP contribution in [0.3, 0.4) is 0 Å². The number of hydrogen-bond donors (Lipinski definition) is 1. The summed E-state index contributed by atoms with van der Waals surface area (Å²) in [7, 11) is 0. The zero-order valence-corrected chi connectivity index (χ0v) is 12.4. The van der Waals surface area contributed by atoms with Crippen LogP contribution in [0.1, 0.15) is 16.1 Å². The third-order valence-electron chi connectivity index (χ3n) is 2.40. The summed E-state index contributed by atoms with van der Waals surface area (Å²) in [6.45, 7) is 0. The summed E-state index contributed by atoms with van der Waals surface area (Å²) in [6, 6.07) is 5.99. The van der Waals surface area contributed by atoms with Crippen molar-refractivity contribution < 1.29 is 18.0 Å². The molecule has 0 aliphatic heterocycles. The minimum Gasteiger partial charge on any atom is -0.320 e. The minimum absolute atomic E-state index is 0.0752. The van der Waals surface area contributed by atoms with Gasteiger partial charge in [-0.25, -0.2) is 0 Å². The van der Waals surface area contributed by atoms with Gasteiger partial charge in [0.2, 0.25) is 0 Å². The smallest absolute Gasteiger partial charge is 0.320 e. The number of benzene rings is 1. The van der Waals surface area contributed by atoms with Crippen LogP contribution in [0.25, 0.3) is 0 Å². The van der Waals surface area contributed by atoms with E-state index in [0.29, 0.717) is 0 Å². The molecular formula is C12H6BrClF3N3O. The fourth-order valence-electron chi connectivity index (χ4n) is 1.48. The highest BCUT2D eigenvalue weighted by Crippen LogP contribution is 2.36. The van der Waals surface area contributed by atoms with Gasteiger partial charge in [-0.15, -0.1) is 10.2 Å². The summed E-state index contributed by atoms with van der Waals surface area (Å²) >= 11 is 8.48. The van der Waals surface area contributed by atoms with Crippen LogP contribution in [0.5, 0.6) is 0 Å². The Bertz CT molecular complexity index is 676. The molecule has 2 aromatic rings. The van der Waals surface area contributed by atoms with Crippen LogP contribution in [0.4, 0.5) is 18.9 Å². The molecule has 0 atom stereocenters. The van der Waals surface area contributed by atoms with Gasteiger partial charge in [0.05, 0.1) is 11.3 Å². The van der Waals surface area contributed by atoms with Gasteiger partial charge in [-0.2, -0.15) is 13.2 Å². The molecule has 0 saturated carbocycles. The first kappa shape index (κ1) is 15.7. The Labute approximate surface area is 130 Å². The highest BCUT2D eigenvalue weighted by Gasteiger charge is 2.34. The number of hydrogen-bond acceptors (Lipinski definition) is 3. The number of anilines is 1. The second-order valence-corrected chi connectivity index (χ2v) is 5.19. The second-order valence-electron chi connectivity index (χ2n) is 3.88. The van der Waals surface area contributed by atoms with E-state index in [9.17, 15) is 18.0 Å². The molecular weight excluding hydrogens is 375 g/mol. The summed E-state index contributed by atoms with van der Waals surface area (Å²) in [5, 5.41) is 9.18. The lowest BCUT2D eigenvalue weighted by atomic mass is 10.1. The number of nitrogens with zero attached hydrogens (tertiary/aromatic N) is 2. The van der Waals surface area contributed by atoms with Crippen LogP contribution in [0, 0.1) is 0 Å². The Kier molecular flexibility index (Phi) is 4.48. The predicted molar refractivity (Wildman–Crippen MR) is 74.1 cm³/mol. The molecule has 4 nitrogen and oxygen atoms in total. The van der Waals surface area contributed by atoms with E-state index in [-0.39, 0.29) is 21.0 Å². The highest BCUT2D eigenvalue weighted by molar-refractivity contribution is 9.10. The molecule has 2 rings (SSSR count). The molecule has 110 valence electrons. The lowest BCUT2D eigenvalue weighted by Gasteiger charge is -2.13. The Morgan fingerprint density at radius 2 is 1.90 bits per heavy atom. The molecule has 0 bridgehead atoms. The molecule has 9 heteroatoms. The van der Waals surface area contributed by atoms with Gasteiger partial charge in [0.15, 0.2) is 10.8 Å². The van der Waals surface area contributed by atoms with Crippen LogP contribution in [0.2, 0.25) is 5.15 Å². The van der Waals surface area contributed by atoms with Crippen LogP contribution in [0.15, 0.2) is 34.8 Å². The van der Waals surface area contributed by atoms with Crippen molar-refractivity contribution >= 4 is 39.1 Å². The van der Waals surface area contributed by atoms with Crippen molar-refractivity contribution in [2.75, 3.05) is 5.32 Å². The number of rotatable bonds is 2. The van der Waals surface area contributed by atoms with Gasteiger partial charge in [-0.3, -0.25) is 4.79 Å². The normalized spacial score (nSPS) is 11.3. The Morgan fingerprint density at radius 3 is 2.48 bits per heavy atom. The van der Waals surface area contributed by atoms with Crippen molar-refractivity contribution in [2.45, 2.75) is 6.18 Å². The van der Waals surface area contributed by atoms with E-state index in [1.165, 1.54) is 18.2 Å². The lowest BCUT2D eigenvalue weighted by Crippen LogP contribution is -2.18. The van der Waals surface area contributed by atoms with Crippen molar-refractivity contribution in [1.82, 2.24) is 10.2 Å². The molecule has 1 heterocycles. The van der Waals surface area contributed by atoms with Gasteiger partial charge in [0, 0.05) is 4.47 Å². The van der Waals surface area contributed by atoms with Gasteiger partial charge in [-0.05, 0) is 30.3 Å². The Morgan fingerprint density at radius 1 is 1.19 bits per heavy atom. The van der Waals surface area contributed by atoms with Crippen LogP contribution in [-0.2, 0) is 6.18 Å². The molecule has 0 radical (unpaired) electrons. The first-order valence-electron chi connectivity index (χ1n) is 5.44. The summed E-state index contributed by atoms with van der Waals surface area (Å²) in [6.07, 6.45) is -4.60. The molecule has 1 aromatic carbocycles. The molecule has 0 aliphatic rings. The molecule has 21 heavy (non-hydrogen) atoms. The first-order valence-corrected chi connectivity index (χ1v) is 6.62. The molecule has 1 amide bonds. The van der Waals surface area contributed by atoms with Gasteiger partial charge >= 0.3 is 6.18 Å². The summed E-state index contributed by atoms with van der Waals surface area (Å²) in [4.78, 5) is 11.9. The van der Waals surface area contributed by atoms with E-state index in [1.54, 1.807) is 0 Å². The van der Waals surface area contributed by atoms with Crippen LogP contribution >= 0.6 is 27.5 Å². The maximum absolute atomic E-state index is 12.9. The van der Waals surface area contributed by atoms with E-state index < -0.39 is 17.6 Å². The predicted octanol–water partition coefficient (Wildman–Crippen LogP) is 4.16. The summed E-state index contributed by atoms with van der Waals surface area (Å²) in [5.41, 5.74) is -1.48. The number of amides is 1. The van der Waals surface area contributed by atoms with Crippen LogP contribution in [-0.4, -0.2) is 16.1 Å². The average Bonchev–Trinajstić information content (AvgIpc) is 2.40. The molecule has 0 aliphatic carbocycles. The topological polar surface area (TPSA) is 54.9 Å². The summed E-state index contributed by atoms with van der Waals surface area (Å²) < 4.78 is 39.0. The zero-order valence-electron chi connectivity index (χ0n) is 10.1. The SMILES string of the molecule is O=C(Nc1ccc(Br)cc1C(F)(F)F)c1ccc(Cl)nn1. The maximum atomic E-state index is 12.9. The third-order valence-corrected chi connectivity index (χ3v) is 3.09. The molecule has 0 spiro atoms. The van der Waals surface area contributed by atoms with Gasteiger partial charge in [0.25, 0.3) is 5.91 Å². The number of nitrogens with one attached hydrogen (secondary N) is 1. The number of alkyl halides is 3. The number of carbonyl (C=O) groups is 1. The van der Waals surface area contributed by atoms with E-state index in [1.807, 2.05) is 0 Å². The minimum atomic E-state index is -4.60. The van der Waals surface area contributed by atoms with Gasteiger partial charge < -0.3 is 5.32 Å². The van der Waals surface area contributed by atoms with Gasteiger partial charge in [-0.1, -0.05) is 27.5 Å². The standard InChI is InChI=1S/C12H6BrClF3N3O/c13-6-1-2-8(7(5-6)12(15,16)17)18-11(21)9-3-4-10(14)20-19-9/h1-5H,(H,18,21). The lowest BCUT2D eigenvalue weighted by molar-refractivity contribution is -0.136. The van der Waals surface area contributed by atoms with E-state index >= 15 is 0 Å². The monoisotopic (exact) mass is 379 g/mol. The second kappa shape index (κ2) is 5.98. The van der Waals surface area contributed by atoms with Crippen molar-refractivity contribution in [1.29, 1.82) is 0 Å². The van der Waals surface area contributed by atoms with E-state index in [2.05, 4.69) is 31.4 Å². The van der Waals surface area contributed by atoms with E-state index in [4.69, 9.17) is 11.6 Å². The van der Waals surface area contributed by atoms with E-state index in [0.717, 1.165) is 12.1 Å². The zero-order chi connectivity index (χ0) is 15.6. The van der Waals surface area contributed by atoms with Crippen molar-refractivity contribution in [2.24, 2.45) is 0 Å². The van der Waals surface area contributed by atoms with Crippen molar-refractivity contribution in [3.63, 3.8) is 0 Å². The average molecular weight is 381 g/mol. The fourth-order valence-corrected chi connectivity index (χ4v) is 1.95. The van der Waals surface area contributed by atoms with Gasteiger partial charge in [0.1, 0.15) is 0 Å². The first-order chi connectivity index (χ1) is 9.77. The molecule has 1 N–H and O–H groups in total. The number of halogens is 5. The molecule has 1 aromatic heterocycles.